The zero-order chi connectivity index (χ0) is 23.5. The Morgan fingerprint density at radius 3 is 2.62 bits per heavy atom. The Hall–Kier alpha value is -3.80. The number of anilines is 1. The number of carbonyl (C=O) groups is 1. The third-order valence-corrected chi connectivity index (χ3v) is 6.34. The zero-order valence-electron chi connectivity index (χ0n) is 19.6. The summed E-state index contributed by atoms with van der Waals surface area (Å²) in [6.45, 7) is 4.09. The van der Waals surface area contributed by atoms with Crippen molar-refractivity contribution < 1.29 is 14.3 Å². The van der Waals surface area contributed by atoms with Gasteiger partial charge in [0.2, 0.25) is 5.91 Å². The summed E-state index contributed by atoms with van der Waals surface area (Å²) in [5.74, 6) is 2.81. The summed E-state index contributed by atoms with van der Waals surface area (Å²) in [5, 5.41) is 0. The smallest absolute Gasteiger partial charge is 0.227 e. The van der Waals surface area contributed by atoms with Crippen molar-refractivity contribution in [2.75, 3.05) is 25.2 Å². The van der Waals surface area contributed by atoms with E-state index in [1.54, 1.807) is 7.11 Å². The van der Waals surface area contributed by atoms with Crippen molar-refractivity contribution in [3.63, 3.8) is 0 Å². The van der Waals surface area contributed by atoms with Crippen LogP contribution in [0.5, 0.6) is 11.5 Å². The second kappa shape index (κ2) is 9.59. The van der Waals surface area contributed by atoms with Crippen molar-refractivity contribution in [2.24, 2.45) is 0 Å². The van der Waals surface area contributed by atoms with Crippen molar-refractivity contribution in [3.8, 4) is 11.5 Å². The minimum absolute atomic E-state index is 0.0414. The van der Waals surface area contributed by atoms with Crippen LogP contribution in [0.3, 0.4) is 0 Å². The highest BCUT2D eigenvalue weighted by Crippen LogP contribution is 2.34. The number of rotatable bonds is 8. The number of methoxy groups -OCH3 is 1. The molecule has 1 amide bonds. The Kier molecular flexibility index (Phi) is 6.21. The summed E-state index contributed by atoms with van der Waals surface area (Å²) in [6.07, 6.45) is 1.30. The van der Waals surface area contributed by atoms with Crippen LogP contribution >= 0.6 is 0 Å². The van der Waals surface area contributed by atoms with E-state index in [1.807, 2.05) is 59.5 Å². The second-order valence-electron chi connectivity index (χ2n) is 8.73. The third-order valence-electron chi connectivity index (χ3n) is 6.34. The van der Waals surface area contributed by atoms with Crippen molar-refractivity contribution in [1.29, 1.82) is 0 Å². The summed E-state index contributed by atoms with van der Waals surface area (Å²) in [7, 11) is 1.64. The van der Waals surface area contributed by atoms with E-state index in [2.05, 4.69) is 29.7 Å². The van der Waals surface area contributed by atoms with Gasteiger partial charge in [0.25, 0.3) is 0 Å². The van der Waals surface area contributed by atoms with Gasteiger partial charge in [0, 0.05) is 31.1 Å². The van der Waals surface area contributed by atoms with Gasteiger partial charge in [-0.15, -0.1) is 0 Å². The Labute approximate surface area is 199 Å². The van der Waals surface area contributed by atoms with E-state index < -0.39 is 0 Å². The van der Waals surface area contributed by atoms with Crippen molar-refractivity contribution in [1.82, 2.24) is 9.55 Å². The summed E-state index contributed by atoms with van der Waals surface area (Å²) in [5.41, 5.74) is 4.14. The standard InChI is InChI=1S/C28H29N3O3/c1-20-7-5-8-24(17-20)34-16-6-15-30-26-10-4-3-9-25(26)29-28(30)21-18-27(32)31(19-21)22-11-13-23(33-2)14-12-22/h3-5,7-14,17,21H,6,15-16,18-19H2,1-2H3/t21-/m1/s1. The Bertz CT molecular complexity index is 1300. The summed E-state index contributed by atoms with van der Waals surface area (Å²) >= 11 is 0. The van der Waals surface area contributed by atoms with Crippen LogP contribution in [0.4, 0.5) is 5.69 Å². The van der Waals surface area contributed by atoms with E-state index >= 15 is 0 Å². The first-order valence-electron chi connectivity index (χ1n) is 11.7. The van der Waals surface area contributed by atoms with Crippen LogP contribution < -0.4 is 14.4 Å². The SMILES string of the molecule is COc1ccc(N2C[C@H](c3nc4ccccc4n3CCCOc3cccc(C)c3)CC2=O)cc1. The molecule has 1 atom stereocenters. The highest BCUT2D eigenvalue weighted by atomic mass is 16.5. The molecule has 1 fully saturated rings. The number of ether oxygens (including phenoxy) is 2. The normalized spacial score (nSPS) is 15.8. The number of carbonyl (C=O) groups excluding carboxylic acids is 1. The Balaban J connectivity index is 1.33. The lowest BCUT2D eigenvalue weighted by molar-refractivity contribution is -0.117. The largest absolute Gasteiger partial charge is 0.497 e. The van der Waals surface area contributed by atoms with Crippen molar-refractivity contribution in [3.05, 3.63) is 84.2 Å². The van der Waals surface area contributed by atoms with Crippen LogP contribution in [-0.2, 0) is 11.3 Å². The van der Waals surface area contributed by atoms with E-state index in [-0.39, 0.29) is 11.8 Å². The lowest BCUT2D eigenvalue weighted by atomic mass is 10.1. The number of hydrogen-bond acceptors (Lipinski definition) is 4. The van der Waals surface area contributed by atoms with Gasteiger partial charge in [-0.05, 0) is 67.4 Å². The van der Waals surface area contributed by atoms with Crippen LogP contribution in [0.15, 0.2) is 72.8 Å². The lowest BCUT2D eigenvalue weighted by Gasteiger charge is -2.18. The highest BCUT2D eigenvalue weighted by Gasteiger charge is 2.34. The molecule has 1 saturated heterocycles. The molecule has 3 aromatic carbocycles. The van der Waals surface area contributed by atoms with E-state index in [0.29, 0.717) is 19.6 Å². The maximum atomic E-state index is 12.9. The molecule has 6 heteroatoms. The molecule has 5 rings (SSSR count). The number of aromatic nitrogens is 2. The molecule has 1 aromatic heterocycles. The third kappa shape index (κ3) is 4.49. The Morgan fingerprint density at radius 1 is 1.00 bits per heavy atom. The second-order valence-corrected chi connectivity index (χ2v) is 8.73. The van der Waals surface area contributed by atoms with Crippen LogP contribution in [-0.4, -0.2) is 35.7 Å². The van der Waals surface area contributed by atoms with Crippen molar-refractivity contribution in [2.45, 2.75) is 32.2 Å². The van der Waals surface area contributed by atoms with Crippen molar-refractivity contribution >= 4 is 22.6 Å². The van der Waals surface area contributed by atoms with Gasteiger partial charge in [0.1, 0.15) is 17.3 Å². The number of imidazole rings is 1. The first-order chi connectivity index (χ1) is 16.6. The monoisotopic (exact) mass is 455 g/mol. The quantitative estimate of drug-likeness (QED) is 0.337. The molecular formula is C28H29N3O3. The first-order valence-corrected chi connectivity index (χ1v) is 11.7. The number of hydrogen-bond donors (Lipinski definition) is 0. The molecule has 1 aliphatic heterocycles. The van der Waals surface area contributed by atoms with Crippen LogP contribution in [0.2, 0.25) is 0 Å². The van der Waals surface area contributed by atoms with Gasteiger partial charge in [0.15, 0.2) is 0 Å². The summed E-state index contributed by atoms with van der Waals surface area (Å²) in [6, 6.07) is 24.0. The van der Waals surface area contributed by atoms with E-state index in [1.165, 1.54) is 5.56 Å². The molecule has 0 spiro atoms. The van der Waals surface area contributed by atoms with Gasteiger partial charge in [0.05, 0.1) is 24.8 Å². The predicted octanol–water partition coefficient (Wildman–Crippen LogP) is 5.34. The maximum absolute atomic E-state index is 12.9. The average Bonchev–Trinajstić information content (AvgIpc) is 3.42. The van der Waals surface area contributed by atoms with Gasteiger partial charge in [-0.1, -0.05) is 24.3 Å². The predicted molar refractivity (Wildman–Crippen MR) is 134 cm³/mol. The fourth-order valence-electron chi connectivity index (χ4n) is 4.65. The van der Waals surface area contributed by atoms with E-state index in [0.717, 1.165) is 47.0 Å². The molecule has 0 N–H and O–H groups in total. The van der Waals surface area contributed by atoms with Gasteiger partial charge in [-0.2, -0.15) is 0 Å². The molecule has 1 aliphatic rings. The first kappa shape index (κ1) is 22.0. The maximum Gasteiger partial charge on any atom is 0.227 e. The topological polar surface area (TPSA) is 56.6 Å². The van der Waals surface area contributed by atoms with Crippen LogP contribution in [0.25, 0.3) is 11.0 Å². The fraction of sp³-hybridized carbons (Fsp3) is 0.286. The number of benzene rings is 3. The molecule has 0 aliphatic carbocycles. The molecule has 0 unspecified atom stereocenters. The molecule has 6 nitrogen and oxygen atoms in total. The van der Waals surface area contributed by atoms with E-state index in [9.17, 15) is 4.79 Å². The molecule has 174 valence electrons. The van der Waals surface area contributed by atoms with Gasteiger partial charge >= 0.3 is 0 Å². The molecular weight excluding hydrogens is 426 g/mol. The minimum Gasteiger partial charge on any atom is -0.497 e. The fourth-order valence-corrected chi connectivity index (χ4v) is 4.65. The molecule has 4 aromatic rings. The number of nitrogens with zero attached hydrogens (tertiary/aromatic N) is 3. The van der Waals surface area contributed by atoms with E-state index in [4.69, 9.17) is 14.5 Å². The van der Waals surface area contributed by atoms with Gasteiger partial charge < -0.3 is 18.9 Å². The highest BCUT2D eigenvalue weighted by molar-refractivity contribution is 5.96. The molecule has 0 saturated carbocycles. The number of amides is 1. The molecule has 2 heterocycles. The molecule has 0 radical (unpaired) electrons. The number of aryl methyl sites for hydroxylation is 2. The van der Waals surface area contributed by atoms with Gasteiger partial charge in [-0.25, -0.2) is 4.98 Å². The Morgan fingerprint density at radius 2 is 1.82 bits per heavy atom. The van der Waals surface area contributed by atoms with Crippen LogP contribution in [0.1, 0.15) is 30.1 Å². The number of fused-ring (bicyclic) bond motifs is 1. The zero-order valence-corrected chi connectivity index (χ0v) is 19.6. The lowest BCUT2D eigenvalue weighted by Crippen LogP contribution is -2.24. The van der Waals surface area contributed by atoms with Crippen LogP contribution in [0, 0.1) is 6.92 Å². The molecule has 34 heavy (non-hydrogen) atoms. The average molecular weight is 456 g/mol. The number of para-hydroxylation sites is 2. The minimum atomic E-state index is 0.0414. The molecule has 0 bridgehead atoms. The summed E-state index contributed by atoms with van der Waals surface area (Å²) < 4.78 is 13.5. The van der Waals surface area contributed by atoms with Gasteiger partial charge in [-0.3, -0.25) is 4.79 Å². The summed E-state index contributed by atoms with van der Waals surface area (Å²) in [4.78, 5) is 19.7.